The van der Waals surface area contributed by atoms with Crippen LogP contribution in [0.5, 0.6) is 5.75 Å². The van der Waals surface area contributed by atoms with E-state index in [9.17, 15) is 0 Å². The molecule has 0 aliphatic rings. The van der Waals surface area contributed by atoms with E-state index < -0.39 is 0 Å². The fraction of sp³-hybridized carbons (Fsp3) is 0.333. The molecule has 0 heterocycles. The van der Waals surface area contributed by atoms with E-state index in [1.807, 2.05) is 6.07 Å². The molecule has 0 unspecified atom stereocenters. The van der Waals surface area contributed by atoms with E-state index in [1.54, 1.807) is 0 Å². The standard InChI is InChI=1S/C18H21NO/c1-3-5-13-20-18-11-10-15-8-6-7-9-16(15)17(18)14-19-12-4-2/h1,6-11,19H,4-5,12-14H2,2H3. The van der Waals surface area contributed by atoms with Gasteiger partial charge in [-0.1, -0.05) is 37.3 Å². The Balaban J connectivity index is 2.29. The van der Waals surface area contributed by atoms with Crippen molar-refractivity contribution >= 4 is 10.8 Å². The van der Waals surface area contributed by atoms with Crippen LogP contribution in [0.1, 0.15) is 25.3 Å². The van der Waals surface area contributed by atoms with Gasteiger partial charge in [0, 0.05) is 18.5 Å². The molecule has 2 heteroatoms. The fourth-order valence-electron chi connectivity index (χ4n) is 2.24. The SMILES string of the molecule is C#CCCOc1ccc2ccccc2c1CNCCC. The number of rotatable bonds is 7. The van der Waals surface area contributed by atoms with Gasteiger partial charge in [0.1, 0.15) is 5.75 Å². The Labute approximate surface area is 121 Å². The summed E-state index contributed by atoms with van der Waals surface area (Å²) in [4.78, 5) is 0. The van der Waals surface area contributed by atoms with Crippen LogP contribution in [-0.2, 0) is 6.54 Å². The molecule has 20 heavy (non-hydrogen) atoms. The monoisotopic (exact) mass is 267 g/mol. The molecule has 0 amide bonds. The van der Waals surface area contributed by atoms with Crippen molar-refractivity contribution in [3.8, 4) is 18.1 Å². The lowest BCUT2D eigenvalue weighted by atomic mass is 10.0. The van der Waals surface area contributed by atoms with Gasteiger partial charge in [0.2, 0.25) is 0 Å². The Kier molecular flexibility index (Phi) is 5.46. The zero-order valence-corrected chi connectivity index (χ0v) is 12.0. The summed E-state index contributed by atoms with van der Waals surface area (Å²) in [5.74, 6) is 3.54. The number of hydrogen-bond donors (Lipinski definition) is 1. The van der Waals surface area contributed by atoms with Crippen molar-refractivity contribution in [2.24, 2.45) is 0 Å². The third-order valence-corrected chi connectivity index (χ3v) is 3.23. The summed E-state index contributed by atoms with van der Waals surface area (Å²) in [5, 5.41) is 5.94. The average molecular weight is 267 g/mol. The summed E-state index contributed by atoms with van der Waals surface area (Å²) in [5.41, 5.74) is 1.22. The minimum Gasteiger partial charge on any atom is -0.492 e. The van der Waals surface area contributed by atoms with Gasteiger partial charge in [-0.05, 0) is 29.8 Å². The van der Waals surface area contributed by atoms with Crippen molar-refractivity contribution in [2.45, 2.75) is 26.3 Å². The Morgan fingerprint density at radius 2 is 2.05 bits per heavy atom. The molecule has 0 saturated heterocycles. The zero-order chi connectivity index (χ0) is 14.2. The van der Waals surface area contributed by atoms with E-state index in [0.717, 1.165) is 25.3 Å². The third-order valence-electron chi connectivity index (χ3n) is 3.23. The van der Waals surface area contributed by atoms with Gasteiger partial charge in [0.15, 0.2) is 0 Å². The zero-order valence-electron chi connectivity index (χ0n) is 12.0. The molecule has 0 spiro atoms. The molecule has 1 N–H and O–H groups in total. The van der Waals surface area contributed by atoms with E-state index in [4.69, 9.17) is 11.2 Å². The van der Waals surface area contributed by atoms with Crippen LogP contribution >= 0.6 is 0 Å². The first-order valence-electron chi connectivity index (χ1n) is 7.14. The molecule has 0 saturated carbocycles. The van der Waals surface area contributed by atoms with Gasteiger partial charge in [-0.3, -0.25) is 0 Å². The number of nitrogens with one attached hydrogen (secondary N) is 1. The maximum absolute atomic E-state index is 5.83. The Bertz CT molecular complexity index is 598. The number of terminal acetylenes is 1. The highest BCUT2D eigenvalue weighted by Crippen LogP contribution is 2.28. The third kappa shape index (κ3) is 3.53. The van der Waals surface area contributed by atoms with Crippen LogP contribution in [0.4, 0.5) is 0 Å². The number of benzene rings is 2. The molecule has 2 nitrogen and oxygen atoms in total. The number of ether oxygens (including phenoxy) is 1. The van der Waals surface area contributed by atoms with E-state index in [2.05, 4.69) is 48.5 Å². The second-order valence-electron chi connectivity index (χ2n) is 4.74. The van der Waals surface area contributed by atoms with Gasteiger partial charge in [0.25, 0.3) is 0 Å². The van der Waals surface area contributed by atoms with Crippen LogP contribution in [0.2, 0.25) is 0 Å². The van der Waals surface area contributed by atoms with Gasteiger partial charge in [-0.25, -0.2) is 0 Å². The topological polar surface area (TPSA) is 21.3 Å². The lowest BCUT2D eigenvalue weighted by Gasteiger charge is -2.14. The van der Waals surface area contributed by atoms with Gasteiger partial charge >= 0.3 is 0 Å². The molecule has 104 valence electrons. The van der Waals surface area contributed by atoms with Gasteiger partial charge < -0.3 is 10.1 Å². The van der Waals surface area contributed by atoms with Crippen molar-refractivity contribution < 1.29 is 4.74 Å². The largest absolute Gasteiger partial charge is 0.492 e. The maximum atomic E-state index is 5.83. The first-order chi connectivity index (χ1) is 9.86. The maximum Gasteiger partial charge on any atom is 0.124 e. The molecule has 0 aromatic heterocycles. The van der Waals surface area contributed by atoms with Crippen LogP contribution in [0.25, 0.3) is 10.8 Å². The van der Waals surface area contributed by atoms with Crippen LogP contribution in [0, 0.1) is 12.3 Å². The molecule has 0 radical (unpaired) electrons. The number of fused-ring (bicyclic) bond motifs is 1. The molecule has 0 aliphatic heterocycles. The summed E-state index contributed by atoms with van der Waals surface area (Å²) in [6, 6.07) is 12.5. The molecular formula is C18H21NO. The first kappa shape index (κ1) is 14.4. The Morgan fingerprint density at radius 3 is 2.85 bits per heavy atom. The van der Waals surface area contributed by atoms with Gasteiger partial charge in [-0.15, -0.1) is 12.3 Å². The van der Waals surface area contributed by atoms with Crippen LogP contribution < -0.4 is 10.1 Å². The quantitative estimate of drug-likeness (QED) is 0.609. The van der Waals surface area contributed by atoms with E-state index in [-0.39, 0.29) is 0 Å². The van der Waals surface area contributed by atoms with Gasteiger partial charge in [-0.2, -0.15) is 0 Å². The van der Waals surface area contributed by atoms with Crippen molar-refractivity contribution in [3.63, 3.8) is 0 Å². The van der Waals surface area contributed by atoms with Crippen molar-refractivity contribution in [3.05, 3.63) is 42.0 Å². The van der Waals surface area contributed by atoms with E-state index in [0.29, 0.717) is 13.0 Å². The second-order valence-corrected chi connectivity index (χ2v) is 4.74. The average Bonchev–Trinajstić information content (AvgIpc) is 2.49. The highest BCUT2D eigenvalue weighted by atomic mass is 16.5. The Morgan fingerprint density at radius 1 is 1.20 bits per heavy atom. The smallest absolute Gasteiger partial charge is 0.124 e. The summed E-state index contributed by atoms with van der Waals surface area (Å²) >= 11 is 0. The highest BCUT2D eigenvalue weighted by molar-refractivity contribution is 5.87. The van der Waals surface area contributed by atoms with E-state index >= 15 is 0 Å². The van der Waals surface area contributed by atoms with Crippen molar-refractivity contribution in [1.82, 2.24) is 5.32 Å². The molecule has 0 fully saturated rings. The molecule has 0 aliphatic carbocycles. The molecule has 2 aromatic carbocycles. The van der Waals surface area contributed by atoms with Crippen molar-refractivity contribution in [2.75, 3.05) is 13.2 Å². The normalized spacial score (nSPS) is 10.4. The van der Waals surface area contributed by atoms with Crippen LogP contribution in [0.3, 0.4) is 0 Å². The summed E-state index contributed by atoms with van der Waals surface area (Å²) in [6.45, 7) is 4.56. The lowest BCUT2D eigenvalue weighted by Crippen LogP contribution is -2.15. The van der Waals surface area contributed by atoms with Crippen molar-refractivity contribution in [1.29, 1.82) is 0 Å². The highest BCUT2D eigenvalue weighted by Gasteiger charge is 2.08. The predicted molar refractivity (Wildman–Crippen MR) is 84.9 cm³/mol. The Hall–Kier alpha value is -1.98. The summed E-state index contributed by atoms with van der Waals surface area (Å²) in [6.07, 6.45) is 7.03. The molecule has 2 rings (SSSR count). The van der Waals surface area contributed by atoms with Crippen LogP contribution in [-0.4, -0.2) is 13.2 Å². The molecule has 0 atom stereocenters. The molecular weight excluding hydrogens is 246 g/mol. The number of hydrogen-bond acceptors (Lipinski definition) is 2. The predicted octanol–water partition coefficient (Wildman–Crippen LogP) is 3.74. The summed E-state index contributed by atoms with van der Waals surface area (Å²) < 4.78 is 5.83. The first-order valence-corrected chi connectivity index (χ1v) is 7.14. The molecule has 2 aromatic rings. The minimum atomic E-state index is 0.565. The molecule has 0 bridgehead atoms. The minimum absolute atomic E-state index is 0.565. The van der Waals surface area contributed by atoms with Crippen LogP contribution in [0.15, 0.2) is 36.4 Å². The fourth-order valence-corrected chi connectivity index (χ4v) is 2.24. The van der Waals surface area contributed by atoms with E-state index in [1.165, 1.54) is 16.3 Å². The van der Waals surface area contributed by atoms with Gasteiger partial charge in [0.05, 0.1) is 6.61 Å². The summed E-state index contributed by atoms with van der Waals surface area (Å²) in [7, 11) is 0. The lowest BCUT2D eigenvalue weighted by molar-refractivity contribution is 0.323. The second kappa shape index (κ2) is 7.57.